The van der Waals surface area contributed by atoms with E-state index in [0.29, 0.717) is 36.1 Å². The van der Waals surface area contributed by atoms with Crippen molar-refractivity contribution in [2.75, 3.05) is 18.9 Å². The summed E-state index contributed by atoms with van der Waals surface area (Å²) >= 11 is 0. The molecule has 0 aliphatic heterocycles. The van der Waals surface area contributed by atoms with Crippen molar-refractivity contribution in [3.8, 4) is 17.1 Å². The van der Waals surface area contributed by atoms with Crippen LogP contribution in [0, 0.1) is 0 Å². The molecule has 1 amide bonds. The van der Waals surface area contributed by atoms with Gasteiger partial charge in [0.15, 0.2) is 9.84 Å². The number of aromatic nitrogens is 2. The molecule has 0 spiro atoms. The summed E-state index contributed by atoms with van der Waals surface area (Å²) in [4.78, 5) is 16.6. The van der Waals surface area contributed by atoms with Gasteiger partial charge in [0.1, 0.15) is 5.75 Å². The number of aryl methyl sites for hydroxylation is 1. The fourth-order valence-electron chi connectivity index (χ4n) is 2.89. The number of ether oxygens (including phenoxy) is 1. The molecule has 2 aromatic carbocycles. The van der Waals surface area contributed by atoms with E-state index < -0.39 is 9.84 Å². The molecule has 0 atom stereocenters. The van der Waals surface area contributed by atoms with Crippen molar-refractivity contribution in [3.05, 3.63) is 60.5 Å². The van der Waals surface area contributed by atoms with Gasteiger partial charge in [-0.3, -0.25) is 4.79 Å². The minimum Gasteiger partial charge on any atom is -0.494 e. The number of rotatable bonds is 11. The molecule has 164 valence electrons. The van der Waals surface area contributed by atoms with Gasteiger partial charge in [-0.2, -0.15) is 4.98 Å². The highest BCUT2D eigenvalue weighted by atomic mass is 32.2. The first-order valence-electron chi connectivity index (χ1n) is 10.1. The second kappa shape index (κ2) is 10.7. The highest BCUT2D eigenvalue weighted by Gasteiger charge is 2.14. The van der Waals surface area contributed by atoms with Gasteiger partial charge in [-0.1, -0.05) is 23.4 Å². The number of carbonyl (C=O) groups excluding carboxylic acids is 1. The number of benzene rings is 2. The minimum absolute atomic E-state index is 0.0214. The number of hydrogen-bond donors (Lipinski definition) is 1. The first-order chi connectivity index (χ1) is 15.0. The van der Waals surface area contributed by atoms with Gasteiger partial charge >= 0.3 is 0 Å². The van der Waals surface area contributed by atoms with Crippen molar-refractivity contribution in [2.24, 2.45) is 0 Å². The molecule has 0 bridgehead atoms. The van der Waals surface area contributed by atoms with Gasteiger partial charge in [-0.05, 0) is 49.7 Å². The Balaban J connectivity index is 1.40. The zero-order chi connectivity index (χ0) is 22.1. The van der Waals surface area contributed by atoms with Gasteiger partial charge in [0, 0.05) is 24.9 Å². The van der Waals surface area contributed by atoms with Crippen molar-refractivity contribution in [1.82, 2.24) is 15.5 Å². The van der Waals surface area contributed by atoms with E-state index in [0.717, 1.165) is 11.3 Å². The van der Waals surface area contributed by atoms with E-state index in [1.807, 2.05) is 31.2 Å². The van der Waals surface area contributed by atoms with E-state index in [2.05, 4.69) is 15.5 Å². The summed E-state index contributed by atoms with van der Waals surface area (Å²) in [5.41, 5.74) is 0.794. The molecule has 0 saturated carbocycles. The molecule has 1 aromatic heterocycles. The van der Waals surface area contributed by atoms with Gasteiger partial charge in [0.05, 0.1) is 17.3 Å². The Morgan fingerprint density at radius 2 is 1.84 bits per heavy atom. The summed E-state index contributed by atoms with van der Waals surface area (Å²) in [6.45, 7) is 2.80. The summed E-state index contributed by atoms with van der Waals surface area (Å²) in [5, 5.41) is 6.67. The zero-order valence-corrected chi connectivity index (χ0v) is 18.1. The Morgan fingerprint density at radius 1 is 1.10 bits per heavy atom. The van der Waals surface area contributed by atoms with E-state index in [1.54, 1.807) is 30.3 Å². The van der Waals surface area contributed by atoms with Crippen LogP contribution in [0.15, 0.2) is 64.0 Å². The number of carbonyl (C=O) groups is 1. The van der Waals surface area contributed by atoms with Gasteiger partial charge < -0.3 is 14.6 Å². The lowest BCUT2D eigenvalue weighted by molar-refractivity contribution is -0.121. The van der Waals surface area contributed by atoms with Gasteiger partial charge in [0.25, 0.3) is 0 Å². The molecule has 8 nitrogen and oxygen atoms in total. The summed E-state index contributed by atoms with van der Waals surface area (Å²) in [5.74, 6) is 1.36. The number of nitrogens with zero attached hydrogens (tertiary/aromatic N) is 2. The summed E-state index contributed by atoms with van der Waals surface area (Å²) < 4.78 is 35.0. The molecule has 0 unspecified atom stereocenters. The van der Waals surface area contributed by atoms with Crippen molar-refractivity contribution < 1.29 is 22.5 Å². The third-order valence-corrected chi connectivity index (χ3v) is 6.29. The van der Waals surface area contributed by atoms with Gasteiger partial charge in [-0.25, -0.2) is 8.42 Å². The van der Waals surface area contributed by atoms with Crippen molar-refractivity contribution in [1.29, 1.82) is 0 Å². The summed E-state index contributed by atoms with van der Waals surface area (Å²) in [7, 11) is -3.34. The van der Waals surface area contributed by atoms with Crippen LogP contribution in [0.3, 0.4) is 0 Å². The maximum absolute atomic E-state index is 12.2. The fraction of sp³-hybridized carbons (Fsp3) is 0.318. The van der Waals surface area contributed by atoms with Crippen LogP contribution >= 0.6 is 0 Å². The van der Waals surface area contributed by atoms with Crippen LogP contribution in [0.2, 0.25) is 0 Å². The second-order valence-electron chi connectivity index (χ2n) is 6.80. The molecule has 0 fully saturated rings. The number of sulfone groups is 1. The lowest BCUT2D eigenvalue weighted by atomic mass is 10.2. The molecule has 0 saturated heterocycles. The van der Waals surface area contributed by atoms with E-state index in [4.69, 9.17) is 9.26 Å². The normalized spacial score (nSPS) is 11.3. The number of hydrogen-bond acceptors (Lipinski definition) is 7. The third-order valence-electron chi connectivity index (χ3n) is 4.47. The predicted octanol–water partition coefficient (Wildman–Crippen LogP) is 3.05. The topological polar surface area (TPSA) is 111 Å². The predicted molar refractivity (Wildman–Crippen MR) is 115 cm³/mol. The molecule has 31 heavy (non-hydrogen) atoms. The Labute approximate surface area is 181 Å². The Bertz CT molecular complexity index is 1080. The SMILES string of the molecule is CCOc1ccc(-c2noc(CCC(=O)NCCCS(=O)(=O)c3ccccc3)n2)cc1. The number of amides is 1. The average Bonchev–Trinajstić information content (AvgIpc) is 3.26. The lowest BCUT2D eigenvalue weighted by Crippen LogP contribution is -2.26. The van der Waals surface area contributed by atoms with Crippen molar-refractivity contribution in [3.63, 3.8) is 0 Å². The molecule has 1 heterocycles. The highest BCUT2D eigenvalue weighted by Crippen LogP contribution is 2.20. The first kappa shape index (κ1) is 22.5. The summed E-state index contributed by atoms with van der Waals surface area (Å²) in [6, 6.07) is 15.6. The van der Waals surface area contributed by atoms with E-state index in [1.165, 1.54) is 0 Å². The lowest BCUT2D eigenvalue weighted by Gasteiger charge is -2.06. The largest absolute Gasteiger partial charge is 0.494 e. The van der Waals surface area contributed by atoms with Crippen LogP contribution in [0.1, 0.15) is 25.7 Å². The number of nitrogens with one attached hydrogen (secondary N) is 1. The molecule has 9 heteroatoms. The van der Waals surface area contributed by atoms with Crippen LogP contribution in [0.4, 0.5) is 0 Å². The fourth-order valence-corrected chi connectivity index (χ4v) is 4.22. The van der Waals surface area contributed by atoms with Gasteiger partial charge in [0.2, 0.25) is 17.6 Å². The van der Waals surface area contributed by atoms with Crippen LogP contribution in [-0.2, 0) is 21.1 Å². The molecular formula is C22H25N3O5S. The molecule has 3 rings (SSSR count). The monoisotopic (exact) mass is 443 g/mol. The second-order valence-corrected chi connectivity index (χ2v) is 8.91. The highest BCUT2D eigenvalue weighted by molar-refractivity contribution is 7.91. The van der Waals surface area contributed by atoms with Crippen molar-refractivity contribution in [2.45, 2.75) is 31.1 Å². The molecule has 0 radical (unpaired) electrons. The van der Waals surface area contributed by atoms with Crippen LogP contribution < -0.4 is 10.1 Å². The molecule has 3 aromatic rings. The molecule has 0 aliphatic rings. The smallest absolute Gasteiger partial charge is 0.227 e. The van der Waals surface area contributed by atoms with E-state index in [-0.39, 0.29) is 24.6 Å². The van der Waals surface area contributed by atoms with Crippen LogP contribution in [0.25, 0.3) is 11.4 Å². The first-order valence-corrected chi connectivity index (χ1v) is 11.7. The van der Waals surface area contributed by atoms with Crippen molar-refractivity contribution >= 4 is 15.7 Å². The standard InChI is InChI=1S/C22H25N3O5S/c1-2-29-18-11-9-17(10-12-18)22-24-21(30-25-22)14-13-20(26)23-15-6-16-31(27,28)19-7-4-3-5-8-19/h3-5,7-12H,2,6,13-16H2,1H3,(H,23,26). The summed E-state index contributed by atoms with van der Waals surface area (Å²) in [6.07, 6.45) is 0.819. The third kappa shape index (κ3) is 6.65. The maximum atomic E-state index is 12.2. The maximum Gasteiger partial charge on any atom is 0.227 e. The van der Waals surface area contributed by atoms with E-state index in [9.17, 15) is 13.2 Å². The van der Waals surface area contributed by atoms with Crippen LogP contribution in [-0.4, -0.2) is 43.4 Å². The zero-order valence-electron chi connectivity index (χ0n) is 17.3. The molecule has 1 N–H and O–H groups in total. The molecule has 0 aliphatic carbocycles. The molecular weight excluding hydrogens is 418 g/mol. The average molecular weight is 444 g/mol. The Morgan fingerprint density at radius 3 is 2.55 bits per heavy atom. The Kier molecular flexibility index (Phi) is 7.77. The minimum atomic E-state index is -3.34. The quantitative estimate of drug-likeness (QED) is 0.453. The van der Waals surface area contributed by atoms with E-state index >= 15 is 0 Å². The van der Waals surface area contributed by atoms with Gasteiger partial charge in [-0.15, -0.1) is 0 Å². The van der Waals surface area contributed by atoms with Crippen LogP contribution in [0.5, 0.6) is 5.75 Å². The Hall–Kier alpha value is -3.20.